The number of carbonyl (C=O) groups is 2. The lowest BCUT2D eigenvalue weighted by molar-refractivity contribution is -0.136. The maximum atomic E-state index is 12.0. The number of likely N-dealkylation sites (N-methyl/N-ethyl adjacent to an activating group) is 1. The van der Waals surface area contributed by atoms with Crippen LogP contribution < -0.4 is 0 Å². The minimum atomic E-state index is -0.943. The quantitative estimate of drug-likeness (QED) is 0.813. The van der Waals surface area contributed by atoms with Crippen LogP contribution in [0.4, 0.5) is 0 Å². The average Bonchev–Trinajstić information content (AvgIpc) is 2.95. The summed E-state index contributed by atoms with van der Waals surface area (Å²) in [6.07, 6.45) is 0. The molecule has 22 heavy (non-hydrogen) atoms. The molecule has 0 saturated heterocycles. The summed E-state index contributed by atoms with van der Waals surface area (Å²) in [4.78, 5) is 25.7. The minimum Gasteiger partial charge on any atom is -0.451 e. The molecule has 0 aliphatic rings. The van der Waals surface area contributed by atoms with Crippen LogP contribution in [0.15, 0.2) is 30.3 Å². The largest absolute Gasteiger partial charge is 0.451 e. The first kappa shape index (κ1) is 16.0. The normalized spacial score (nSPS) is 11.0. The van der Waals surface area contributed by atoms with E-state index >= 15 is 0 Å². The Bertz CT molecular complexity index is 725. The number of amides is 1. The summed E-state index contributed by atoms with van der Waals surface area (Å²) < 4.78 is 6.04. The number of ether oxygens (including phenoxy) is 1. The molecule has 0 aliphatic heterocycles. The maximum absolute atomic E-state index is 12.0. The molecule has 0 unspecified atom stereocenters. The van der Waals surface area contributed by atoms with Gasteiger partial charge in [-0.3, -0.25) is 4.79 Å². The third kappa shape index (κ3) is 3.26. The maximum Gasteiger partial charge on any atom is 0.348 e. The van der Waals surface area contributed by atoms with Crippen molar-refractivity contribution < 1.29 is 14.3 Å². The highest BCUT2D eigenvalue weighted by Crippen LogP contribution is 2.25. The number of esters is 1. The molecular formula is C16H16N2O3S. The molecule has 2 rings (SSSR count). The van der Waals surface area contributed by atoms with Crippen LogP contribution in [0.1, 0.15) is 23.5 Å². The molecule has 1 amide bonds. The molecule has 2 aromatic rings. The van der Waals surface area contributed by atoms with Gasteiger partial charge in [0.1, 0.15) is 10.4 Å². The van der Waals surface area contributed by atoms with E-state index in [4.69, 9.17) is 10.00 Å². The van der Waals surface area contributed by atoms with E-state index in [1.807, 2.05) is 30.3 Å². The van der Waals surface area contributed by atoms with E-state index in [0.717, 1.165) is 10.1 Å². The van der Waals surface area contributed by atoms with E-state index in [-0.39, 0.29) is 6.61 Å². The van der Waals surface area contributed by atoms with Gasteiger partial charge in [0.2, 0.25) is 0 Å². The fourth-order valence-corrected chi connectivity index (χ4v) is 2.72. The van der Waals surface area contributed by atoms with Crippen molar-refractivity contribution in [2.75, 3.05) is 13.7 Å². The molecule has 0 saturated carbocycles. The molecule has 0 atom stereocenters. The summed E-state index contributed by atoms with van der Waals surface area (Å²) in [5, 5.41) is 9.97. The number of nitrogens with zero attached hydrogens (tertiary/aromatic N) is 2. The SMILES string of the molecule is CN(C(=O)COC(=O)c1cc2ccccc2s1)C(C)(C)C#N. The second-order valence-corrected chi connectivity index (χ2v) is 6.43. The molecule has 0 spiro atoms. The van der Waals surface area contributed by atoms with Gasteiger partial charge in [0.05, 0.1) is 6.07 Å². The molecule has 0 aliphatic carbocycles. The molecule has 114 valence electrons. The minimum absolute atomic E-state index is 0.380. The molecule has 6 heteroatoms. The van der Waals surface area contributed by atoms with Gasteiger partial charge in [-0.2, -0.15) is 5.26 Å². The zero-order chi connectivity index (χ0) is 16.3. The number of rotatable bonds is 4. The fourth-order valence-electron chi connectivity index (χ4n) is 1.76. The number of fused-ring (bicyclic) bond motifs is 1. The fraction of sp³-hybridized carbons (Fsp3) is 0.312. The summed E-state index contributed by atoms with van der Waals surface area (Å²) in [7, 11) is 1.51. The number of carbonyl (C=O) groups excluding carboxylic acids is 2. The Labute approximate surface area is 132 Å². The summed E-state index contributed by atoms with van der Waals surface area (Å²) in [5.41, 5.74) is -0.943. The first-order valence-corrected chi connectivity index (χ1v) is 7.50. The predicted molar refractivity (Wildman–Crippen MR) is 84.6 cm³/mol. The highest BCUT2D eigenvalue weighted by molar-refractivity contribution is 7.20. The van der Waals surface area contributed by atoms with Crippen LogP contribution in [0.25, 0.3) is 10.1 Å². The third-order valence-corrected chi connectivity index (χ3v) is 4.54. The first-order valence-electron chi connectivity index (χ1n) is 6.69. The van der Waals surface area contributed by atoms with Gasteiger partial charge in [-0.1, -0.05) is 18.2 Å². The third-order valence-electron chi connectivity index (χ3n) is 3.44. The van der Waals surface area contributed by atoms with E-state index in [0.29, 0.717) is 4.88 Å². The number of benzene rings is 1. The number of hydrogen-bond acceptors (Lipinski definition) is 5. The number of hydrogen-bond donors (Lipinski definition) is 0. The van der Waals surface area contributed by atoms with Crippen molar-refractivity contribution in [3.63, 3.8) is 0 Å². The zero-order valence-corrected chi connectivity index (χ0v) is 13.4. The van der Waals surface area contributed by atoms with Crippen LogP contribution in [0, 0.1) is 11.3 Å². The Kier molecular flexibility index (Phi) is 4.48. The summed E-state index contributed by atoms with van der Waals surface area (Å²) in [5.74, 6) is -0.946. The van der Waals surface area contributed by atoms with Crippen molar-refractivity contribution >= 4 is 33.3 Å². The average molecular weight is 316 g/mol. The Morgan fingerprint density at radius 3 is 2.68 bits per heavy atom. The first-order chi connectivity index (χ1) is 10.3. The highest BCUT2D eigenvalue weighted by atomic mass is 32.1. The van der Waals surface area contributed by atoms with Crippen LogP contribution >= 0.6 is 11.3 Å². The lowest BCUT2D eigenvalue weighted by Gasteiger charge is -2.28. The molecule has 1 heterocycles. The van der Waals surface area contributed by atoms with Gasteiger partial charge < -0.3 is 9.64 Å². The van der Waals surface area contributed by atoms with Gasteiger partial charge in [-0.05, 0) is 31.4 Å². The van der Waals surface area contributed by atoms with E-state index in [9.17, 15) is 9.59 Å². The molecule has 0 fully saturated rings. The van der Waals surface area contributed by atoms with Crippen LogP contribution in [0.5, 0.6) is 0 Å². The molecule has 0 N–H and O–H groups in total. The van der Waals surface area contributed by atoms with E-state index in [2.05, 4.69) is 0 Å². The van der Waals surface area contributed by atoms with Crippen molar-refractivity contribution in [3.8, 4) is 6.07 Å². The summed E-state index contributed by atoms with van der Waals surface area (Å²) in [6.45, 7) is 2.87. The second kappa shape index (κ2) is 6.16. The van der Waals surface area contributed by atoms with Gasteiger partial charge in [-0.25, -0.2) is 4.79 Å². The molecule has 0 bridgehead atoms. The second-order valence-electron chi connectivity index (χ2n) is 5.35. The van der Waals surface area contributed by atoms with Crippen molar-refractivity contribution in [1.82, 2.24) is 4.90 Å². The Morgan fingerprint density at radius 1 is 1.36 bits per heavy atom. The molecule has 1 aromatic heterocycles. The Morgan fingerprint density at radius 2 is 2.05 bits per heavy atom. The summed E-state index contributed by atoms with van der Waals surface area (Å²) >= 11 is 1.32. The van der Waals surface area contributed by atoms with Gasteiger partial charge in [0, 0.05) is 11.7 Å². The lowest BCUT2D eigenvalue weighted by Crippen LogP contribution is -2.45. The van der Waals surface area contributed by atoms with E-state index < -0.39 is 17.4 Å². The van der Waals surface area contributed by atoms with Crippen molar-refractivity contribution in [1.29, 1.82) is 5.26 Å². The van der Waals surface area contributed by atoms with Crippen molar-refractivity contribution in [2.24, 2.45) is 0 Å². The zero-order valence-electron chi connectivity index (χ0n) is 12.6. The molecule has 5 nitrogen and oxygen atoms in total. The predicted octanol–water partition coefficient (Wildman–Crippen LogP) is 2.82. The highest BCUT2D eigenvalue weighted by Gasteiger charge is 2.28. The van der Waals surface area contributed by atoms with Crippen molar-refractivity contribution in [2.45, 2.75) is 19.4 Å². The van der Waals surface area contributed by atoms with Gasteiger partial charge in [0.15, 0.2) is 6.61 Å². The Hall–Kier alpha value is -2.39. The van der Waals surface area contributed by atoms with E-state index in [1.54, 1.807) is 19.9 Å². The topological polar surface area (TPSA) is 70.4 Å². The monoisotopic (exact) mass is 316 g/mol. The standard InChI is InChI=1S/C16H16N2O3S/c1-16(2,10-17)18(3)14(19)9-21-15(20)13-8-11-6-4-5-7-12(11)22-13/h4-8H,9H2,1-3H3. The number of nitriles is 1. The van der Waals surface area contributed by atoms with Crippen LogP contribution in [0.2, 0.25) is 0 Å². The van der Waals surface area contributed by atoms with E-state index in [1.165, 1.54) is 23.3 Å². The van der Waals surface area contributed by atoms with Crippen LogP contribution in [0.3, 0.4) is 0 Å². The van der Waals surface area contributed by atoms with Gasteiger partial charge in [0.25, 0.3) is 5.91 Å². The van der Waals surface area contributed by atoms with Gasteiger partial charge in [-0.15, -0.1) is 11.3 Å². The molecular weight excluding hydrogens is 300 g/mol. The Balaban J connectivity index is 2.01. The molecule has 1 aromatic carbocycles. The van der Waals surface area contributed by atoms with Crippen LogP contribution in [-0.4, -0.2) is 36.0 Å². The molecule has 0 radical (unpaired) electrons. The van der Waals surface area contributed by atoms with Crippen molar-refractivity contribution in [3.05, 3.63) is 35.2 Å². The van der Waals surface area contributed by atoms with Crippen LogP contribution in [-0.2, 0) is 9.53 Å². The number of thiophene rings is 1. The lowest BCUT2D eigenvalue weighted by atomic mass is 10.1. The summed E-state index contributed by atoms with van der Waals surface area (Å²) in [6, 6.07) is 11.4. The smallest absolute Gasteiger partial charge is 0.348 e. The van der Waals surface area contributed by atoms with Gasteiger partial charge >= 0.3 is 5.97 Å².